The maximum absolute atomic E-state index is 11.6. The van der Waals surface area contributed by atoms with Crippen LogP contribution in [0, 0.1) is 0 Å². The second-order valence-corrected chi connectivity index (χ2v) is 5.96. The van der Waals surface area contributed by atoms with E-state index in [0.29, 0.717) is 0 Å². The molecule has 0 spiro atoms. The summed E-state index contributed by atoms with van der Waals surface area (Å²) in [7, 11) is -1.88. The molecule has 6 heteroatoms. The molecular weight excluding hydrogens is 218 g/mol. The maximum Gasteiger partial charge on any atom is 0.306 e. The summed E-state index contributed by atoms with van der Waals surface area (Å²) in [4.78, 5) is 10.8. The Morgan fingerprint density at radius 2 is 2.27 bits per heavy atom. The van der Waals surface area contributed by atoms with E-state index in [9.17, 15) is 13.2 Å². The summed E-state index contributed by atoms with van der Waals surface area (Å²) in [6, 6.07) is 0.0626. The Kier molecular flexibility index (Phi) is 4.53. The van der Waals surface area contributed by atoms with Gasteiger partial charge in [0.25, 0.3) is 0 Å². The number of hydrogen-bond acceptors (Lipinski definition) is 5. The molecule has 1 heterocycles. The van der Waals surface area contributed by atoms with Gasteiger partial charge in [-0.25, -0.2) is 8.42 Å². The first-order valence-corrected chi connectivity index (χ1v) is 6.86. The second kappa shape index (κ2) is 5.46. The standard InChI is InChI=1S/C9H17NO4S/c1-14-9(11)4-6-15(12,13)7-8-3-2-5-10-8/h8,10H,2-7H2,1H3. The molecule has 1 N–H and O–H groups in total. The highest BCUT2D eigenvalue weighted by molar-refractivity contribution is 7.91. The predicted molar refractivity (Wildman–Crippen MR) is 56.3 cm³/mol. The van der Waals surface area contributed by atoms with Crippen LogP contribution in [0.25, 0.3) is 0 Å². The quantitative estimate of drug-likeness (QED) is 0.663. The normalized spacial score (nSPS) is 21.5. The molecule has 0 saturated carbocycles. The van der Waals surface area contributed by atoms with Gasteiger partial charge in [-0.3, -0.25) is 4.79 Å². The lowest BCUT2D eigenvalue weighted by atomic mass is 10.3. The Hall–Kier alpha value is -0.620. The minimum Gasteiger partial charge on any atom is -0.469 e. The van der Waals surface area contributed by atoms with Gasteiger partial charge in [0.2, 0.25) is 0 Å². The van der Waals surface area contributed by atoms with Crippen molar-refractivity contribution >= 4 is 15.8 Å². The first-order valence-electron chi connectivity index (χ1n) is 5.04. The van der Waals surface area contributed by atoms with Crippen molar-refractivity contribution in [2.24, 2.45) is 0 Å². The Morgan fingerprint density at radius 1 is 1.53 bits per heavy atom. The average Bonchev–Trinajstić information content (AvgIpc) is 2.66. The van der Waals surface area contributed by atoms with E-state index in [4.69, 9.17) is 0 Å². The molecule has 15 heavy (non-hydrogen) atoms. The molecule has 88 valence electrons. The molecule has 0 radical (unpaired) electrons. The Bertz CT molecular complexity index is 306. The topological polar surface area (TPSA) is 72.5 Å². The van der Waals surface area contributed by atoms with Crippen LogP contribution >= 0.6 is 0 Å². The van der Waals surface area contributed by atoms with E-state index in [0.717, 1.165) is 19.4 Å². The molecule has 0 aliphatic carbocycles. The highest BCUT2D eigenvalue weighted by atomic mass is 32.2. The highest BCUT2D eigenvalue weighted by Gasteiger charge is 2.22. The van der Waals surface area contributed by atoms with Crippen LogP contribution in [0.3, 0.4) is 0 Å². The third-order valence-corrected chi connectivity index (χ3v) is 4.20. The Labute approximate surface area is 90.1 Å². The molecular formula is C9H17NO4S. The summed E-state index contributed by atoms with van der Waals surface area (Å²) in [5, 5.41) is 3.12. The summed E-state index contributed by atoms with van der Waals surface area (Å²) >= 11 is 0. The predicted octanol–water partition coefficient (Wildman–Crippen LogP) is -0.284. The van der Waals surface area contributed by atoms with Crippen molar-refractivity contribution < 1.29 is 17.9 Å². The summed E-state index contributed by atoms with van der Waals surface area (Å²) in [6.07, 6.45) is 1.88. The van der Waals surface area contributed by atoms with Crippen LogP contribution in [0.4, 0.5) is 0 Å². The zero-order chi connectivity index (χ0) is 11.3. The molecule has 1 aliphatic rings. The van der Waals surface area contributed by atoms with E-state index >= 15 is 0 Å². The van der Waals surface area contributed by atoms with Crippen molar-refractivity contribution in [1.82, 2.24) is 5.32 Å². The van der Waals surface area contributed by atoms with Crippen molar-refractivity contribution in [3.05, 3.63) is 0 Å². The van der Waals surface area contributed by atoms with Gasteiger partial charge in [0.15, 0.2) is 9.84 Å². The lowest BCUT2D eigenvalue weighted by Crippen LogP contribution is -2.31. The van der Waals surface area contributed by atoms with Crippen LogP contribution in [0.5, 0.6) is 0 Å². The number of carbonyl (C=O) groups excluding carboxylic acids is 1. The number of rotatable bonds is 5. The largest absolute Gasteiger partial charge is 0.469 e. The van der Waals surface area contributed by atoms with Gasteiger partial charge in [-0.05, 0) is 19.4 Å². The molecule has 1 rings (SSSR count). The van der Waals surface area contributed by atoms with Gasteiger partial charge in [0, 0.05) is 6.04 Å². The third-order valence-electron chi connectivity index (χ3n) is 2.46. The summed E-state index contributed by atoms with van der Waals surface area (Å²) in [5.74, 6) is -0.458. The van der Waals surface area contributed by atoms with E-state index in [2.05, 4.69) is 10.1 Å². The van der Waals surface area contributed by atoms with Crippen LogP contribution in [0.2, 0.25) is 0 Å². The van der Waals surface area contributed by atoms with Crippen LogP contribution in [-0.4, -0.2) is 45.6 Å². The zero-order valence-corrected chi connectivity index (χ0v) is 9.68. The number of carbonyl (C=O) groups is 1. The number of sulfone groups is 1. The summed E-state index contributed by atoms with van der Waals surface area (Å²) in [5.41, 5.74) is 0. The molecule has 1 aliphatic heterocycles. The molecule has 0 aromatic rings. The number of esters is 1. The Morgan fingerprint density at radius 3 is 2.80 bits per heavy atom. The number of nitrogens with one attached hydrogen (secondary N) is 1. The fourth-order valence-electron chi connectivity index (χ4n) is 1.63. The molecule has 1 atom stereocenters. The minimum absolute atomic E-state index is 0.0500. The van der Waals surface area contributed by atoms with Crippen molar-refractivity contribution in [1.29, 1.82) is 0 Å². The van der Waals surface area contributed by atoms with Crippen molar-refractivity contribution in [3.63, 3.8) is 0 Å². The number of hydrogen-bond donors (Lipinski definition) is 1. The lowest BCUT2D eigenvalue weighted by Gasteiger charge is -2.10. The fraction of sp³-hybridized carbons (Fsp3) is 0.889. The van der Waals surface area contributed by atoms with Gasteiger partial charge in [-0.15, -0.1) is 0 Å². The molecule has 5 nitrogen and oxygen atoms in total. The van der Waals surface area contributed by atoms with E-state index in [-0.39, 0.29) is 24.0 Å². The number of methoxy groups -OCH3 is 1. The maximum atomic E-state index is 11.6. The lowest BCUT2D eigenvalue weighted by molar-refractivity contribution is -0.140. The fourth-order valence-corrected chi connectivity index (χ4v) is 3.17. The summed E-state index contributed by atoms with van der Waals surface area (Å²) in [6.45, 7) is 0.886. The summed E-state index contributed by atoms with van der Waals surface area (Å²) < 4.78 is 27.5. The van der Waals surface area contributed by atoms with E-state index < -0.39 is 15.8 Å². The molecule has 0 aromatic heterocycles. The monoisotopic (exact) mass is 235 g/mol. The van der Waals surface area contributed by atoms with Crippen LogP contribution < -0.4 is 5.32 Å². The van der Waals surface area contributed by atoms with E-state index in [1.807, 2.05) is 0 Å². The number of ether oxygens (including phenoxy) is 1. The van der Waals surface area contributed by atoms with Gasteiger partial charge in [0.05, 0.1) is 25.0 Å². The molecule has 0 amide bonds. The first kappa shape index (κ1) is 12.4. The molecule has 0 aromatic carbocycles. The first-order chi connectivity index (χ1) is 7.03. The second-order valence-electron chi connectivity index (χ2n) is 3.73. The molecule has 1 saturated heterocycles. The van der Waals surface area contributed by atoms with E-state index in [1.165, 1.54) is 7.11 Å². The van der Waals surface area contributed by atoms with Gasteiger partial charge in [-0.2, -0.15) is 0 Å². The smallest absolute Gasteiger partial charge is 0.306 e. The van der Waals surface area contributed by atoms with Gasteiger partial charge >= 0.3 is 5.97 Å². The van der Waals surface area contributed by atoms with Crippen LogP contribution in [0.15, 0.2) is 0 Å². The minimum atomic E-state index is -3.13. The van der Waals surface area contributed by atoms with Crippen LogP contribution in [0.1, 0.15) is 19.3 Å². The van der Waals surface area contributed by atoms with Gasteiger partial charge in [-0.1, -0.05) is 0 Å². The Balaban J connectivity index is 2.34. The third kappa shape index (κ3) is 4.61. The van der Waals surface area contributed by atoms with Crippen molar-refractivity contribution in [2.45, 2.75) is 25.3 Å². The average molecular weight is 235 g/mol. The van der Waals surface area contributed by atoms with Crippen molar-refractivity contribution in [3.8, 4) is 0 Å². The van der Waals surface area contributed by atoms with Gasteiger partial charge < -0.3 is 10.1 Å². The zero-order valence-electron chi connectivity index (χ0n) is 8.86. The van der Waals surface area contributed by atoms with Gasteiger partial charge in [0.1, 0.15) is 0 Å². The SMILES string of the molecule is COC(=O)CCS(=O)(=O)CC1CCCN1. The van der Waals surface area contributed by atoms with E-state index in [1.54, 1.807) is 0 Å². The molecule has 1 fully saturated rings. The van der Waals surface area contributed by atoms with Crippen LogP contribution in [-0.2, 0) is 19.4 Å². The molecule has 1 unspecified atom stereocenters. The molecule has 0 bridgehead atoms. The highest BCUT2D eigenvalue weighted by Crippen LogP contribution is 2.08. The van der Waals surface area contributed by atoms with Crippen molar-refractivity contribution in [2.75, 3.05) is 25.2 Å².